The molecule has 1 N–H and O–H groups in total. The molecule has 0 fully saturated rings. The van der Waals surface area contributed by atoms with Crippen molar-refractivity contribution in [1.82, 2.24) is 4.37 Å². The summed E-state index contributed by atoms with van der Waals surface area (Å²) in [4.78, 5) is 11.5. The SMILES string of the molecule is CCc1snc(C)c1C(=O)O. The lowest BCUT2D eigenvalue weighted by molar-refractivity contribution is 0.0695. The van der Waals surface area contributed by atoms with Gasteiger partial charge < -0.3 is 5.11 Å². The Morgan fingerprint density at radius 3 is 2.73 bits per heavy atom. The van der Waals surface area contributed by atoms with Crippen LogP contribution in [0.15, 0.2) is 0 Å². The number of carbonyl (C=O) groups is 1. The van der Waals surface area contributed by atoms with Gasteiger partial charge in [-0.3, -0.25) is 0 Å². The molecule has 0 aliphatic rings. The minimum absolute atomic E-state index is 0.387. The van der Waals surface area contributed by atoms with Crippen LogP contribution in [0.5, 0.6) is 0 Å². The third-order valence-corrected chi connectivity index (χ3v) is 2.55. The smallest absolute Gasteiger partial charge is 0.338 e. The van der Waals surface area contributed by atoms with Gasteiger partial charge in [0.2, 0.25) is 0 Å². The normalized spacial score (nSPS) is 10.0. The summed E-state index contributed by atoms with van der Waals surface area (Å²) in [6.45, 7) is 3.65. The maximum atomic E-state index is 10.6. The highest BCUT2D eigenvalue weighted by Gasteiger charge is 2.15. The van der Waals surface area contributed by atoms with E-state index in [0.717, 1.165) is 11.3 Å². The molecule has 1 rings (SSSR count). The molecule has 0 aromatic carbocycles. The Labute approximate surface area is 68.8 Å². The molecule has 0 atom stereocenters. The lowest BCUT2D eigenvalue weighted by Crippen LogP contribution is -1.99. The van der Waals surface area contributed by atoms with E-state index in [4.69, 9.17) is 5.11 Å². The van der Waals surface area contributed by atoms with Crippen molar-refractivity contribution in [3.05, 3.63) is 16.1 Å². The predicted octanol–water partition coefficient (Wildman–Crippen LogP) is 1.71. The molecule has 0 saturated heterocycles. The zero-order valence-electron chi connectivity index (χ0n) is 6.42. The molecule has 11 heavy (non-hydrogen) atoms. The Balaban J connectivity index is 3.17. The molecule has 1 aromatic rings. The number of carboxylic acid groups (broad SMARTS) is 1. The second-order valence-corrected chi connectivity index (χ2v) is 3.08. The van der Waals surface area contributed by atoms with Gasteiger partial charge in [0.25, 0.3) is 0 Å². The molecule has 0 unspecified atom stereocenters. The van der Waals surface area contributed by atoms with Crippen molar-refractivity contribution in [2.45, 2.75) is 20.3 Å². The second kappa shape index (κ2) is 3.00. The van der Waals surface area contributed by atoms with E-state index in [2.05, 4.69) is 4.37 Å². The van der Waals surface area contributed by atoms with Gasteiger partial charge in [-0.05, 0) is 24.9 Å². The summed E-state index contributed by atoms with van der Waals surface area (Å²) in [5.74, 6) is -0.867. The van der Waals surface area contributed by atoms with Crippen molar-refractivity contribution in [2.75, 3.05) is 0 Å². The molecule has 0 amide bonds. The van der Waals surface area contributed by atoms with Crippen LogP contribution in [0.25, 0.3) is 0 Å². The topological polar surface area (TPSA) is 50.2 Å². The van der Waals surface area contributed by atoms with Crippen LogP contribution >= 0.6 is 11.5 Å². The number of aromatic carboxylic acids is 1. The van der Waals surface area contributed by atoms with E-state index in [-0.39, 0.29) is 0 Å². The molecule has 0 aliphatic carbocycles. The number of rotatable bonds is 2. The number of hydrogen-bond donors (Lipinski definition) is 1. The maximum absolute atomic E-state index is 10.6. The van der Waals surface area contributed by atoms with Crippen LogP contribution in [-0.2, 0) is 6.42 Å². The summed E-state index contributed by atoms with van der Waals surface area (Å²) < 4.78 is 3.97. The van der Waals surface area contributed by atoms with Crippen LogP contribution in [0.4, 0.5) is 0 Å². The van der Waals surface area contributed by atoms with Gasteiger partial charge in [-0.1, -0.05) is 6.92 Å². The van der Waals surface area contributed by atoms with Gasteiger partial charge in [0.1, 0.15) is 0 Å². The van der Waals surface area contributed by atoms with Crippen molar-refractivity contribution in [2.24, 2.45) is 0 Å². The van der Waals surface area contributed by atoms with Crippen molar-refractivity contribution < 1.29 is 9.90 Å². The minimum Gasteiger partial charge on any atom is -0.478 e. The summed E-state index contributed by atoms with van der Waals surface area (Å²) in [6, 6.07) is 0. The summed E-state index contributed by atoms with van der Waals surface area (Å²) >= 11 is 1.27. The van der Waals surface area contributed by atoms with Gasteiger partial charge in [-0.2, -0.15) is 4.37 Å². The van der Waals surface area contributed by atoms with E-state index >= 15 is 0 Å². The van der Waals surface area contributed by atoms with Crippen LogP contribution in [0, 0.1) is 6.92 Å². The fraction of sp³-hybridized carbons (Fsp3) is 0.429. The predicted molar refractivity (Wildman–Crippen MR) is 43.2 cm³/mol. The fourth-order valence-corrected chi connectivity index (χ4v) is 1.73. The average Bonchev–Trinajstić information content (AvgIpc) is 2.30. The van der Waals surface area contributed by atoms with E-state index in [0.29, 0.717) is 11.3 Å². The van der Waals surface area contributed by atoms with E-state index in [1.54, 1.807) is 6.92 Å². The summed E-state index contributed by atoms with van der Waals surface area (Å²) in [6.07, 6.45) is 0.743. The Kier molecular flexibility index (Phi) is 2.24. The number of hydrogen-bond acceptors (Lipinski definition) is 3. The first-order valence-corrected chi connectivity index (χ1v) is 4.12. The van der Waals surface area contributed by atoms with E-state index in [9.17, 15) is 4.79 Å². The Bertz CT molecular complexity index is 280. The maximum Gasteiger partial charge on any atom is 0.338 e. The number of nitrogens with zero attached hydrogens (tertiary/aromatic N) is 1. The molecule has 4 heteroatoms. The van der Waals surface area contributed by atoms with Gasteiger partial charge >= 0.3 is 5.97 Å². The average molecular weight is 171 g/mol. The van der Waals surface area contributed by atoms with Crippen LogP contribution < -0.4 is 0 Å². The molecule has 0 radical (unpaired) electrons. The number of aryl methyl sites for hydroxylation is 2. The number of carboxylic acids is 1. The van der Waals surface area contributed by atoms with Crippen LogP contribution in [0.3, 0.4) is 0 Å². The van der Waals surface area contributed by atoms with Crippen LogP contribution in [0.2, 0.25) is 0 Å². The molecule has 0 bridgehead atoms. The first kappa shape index (κ1) is 8.20. The van der Waals surface area contributed by atoms with Crippen molar-refractivity contribution in [3.63, 3.8) is 0 Å². The summed E-state index contributed by atoms with van der Waals surface area (Å²) in [5, 5.41) is 8.73. The molecule has 60 valence electrons. The van der Waals surface area contributed by atoms with Crippen molar-refractivity contribution in [3.8, 4) is 0 Å². The molecular weight excluding hydrogens is 162 g/mol. The van der Waals surface area contributed by atoms with Gasteiger partial charge in [0.05, 0.1) is 11.3 Å². The first-order chi connectivity index (χ1) is 5.16. The fourth-order valence-electron chi connectivity index (χ4n) is 0.932. The highest BCUT2D eigenvalue weighted by Crippen LogP contribution is 2.18. The Hall–Kier alpha value is -0.900. The summed E-state index contributed by atoms with van der Waals surface area (Å²) in [7, 11) is 0. The van der Waals surface area contributed by atoms with Crippen LogP contribution in [0.1, 0.15) is 27.9 Å². The van der Waals surface area contributed by atoms with Gasteiger partial charge in [0.15, 0.2) is 0 Å². The Morgan fingerprint density at radius 2 is 2.36 bits per heavy atom. The highest BCUT2D eigenvalue weighted by molar-refractivity contribution is 7.06. The molecular formula is C7H9NO2S. The van der Waals surface area contributed by atoms with Gasteiger partial charge in [-0.25, -0.2) is 4.79 Å². The zero-order valence-corrected chi connectivity index (χ0v) is 7.23. The number of aromatic nitrogens is 1. The molecule has 0 aliphatic heterocycles. The molecule has 1 aromatic heterocycles. The van der Waals surface area contributed by atoms with E-state index in [1.807, 2.05) is 6.92 Å². The minimum atomic E-state index is -0.867. The third kappa shape index (κ3) is 1.40. The summed E-state index contributed by atoms with van der Waals surface area (Å²) in [5.41, 5.74) is 1.01. The van der Waals surface area contributed by atoms with Crippen molar-refractivity contribution >= 4 is 17.5 Å². The van der Waals surface area contributed by atoms with Crippen LogP contribution in [-0.4, -0.2) is 15.4 Å². The Morgan fingerprint density at radius 1 is 1.73 bits per heavy atom. The quantitative estimate of drug-likeness (QED) is 0.737. The largest absolute Gasteiger partial charge is 0.478 e. The van der Waals surface area contributed by atoms with Gasteiger partial charge in [-0.15, -0.1) is 0 Å². The second-order valence-electron chi connectivity index (χ2n) is 2.22. The molecule has 3 nitrogen and oxygen atoms in total. The van der Waals surface area contributed by atoms with Crippen molar-refractivity contribution in [1.29, 1.82) is 0 Å². The van der Waals surface area contributed by atoms with E-state index < -0.39 is 5.97 Å². The molecule has 0 saturated carbocycles. The van der Waals surface area contributed by atoms with E-state index in [1.165, 1.54) is 11.5 Å². The third-order valence-electron chi connectivity index (χ3n) is 1.47. The van der Waals surface area contributed by atoms with Gasteiger partial charge in [0, 0.05) is 4.88 Å². The highest BCUT2D eigenvalue weighted by atomic mass is 32.1. The first-order valence-electron chi connectivity index (χ1n) is 3.35. The molecule has 0 spiro atoms. The lowest BCUT2D eigenvalue weighted by atomic mass is 10.2. The monoisotopic (exact) mass is 171 g/mol. The zero-order chi connectivity index (χ0) is 8.43. The lowest BCUT2D eigenvalue weighted by Gasteiger charge is -1.92. The molecule has 1 heterocycles. The standard InChI is InChI=1S/C7H9NO2S/c1-3-5-6(7(9)10)4(2)8-11-5/h3H2,1-2H3,(H,9,10).